The van der Waals surface area contributed by atoms with Crippen LogP contribution in [0.4, 0.5) is 5.69 Å². The highest BCUT2D eigenvalue weighted by Gasteiger charge is 2.12. The van der Waals surface area contributed by atoms with Crippen LogP contribution in [0.3, 0.4) is 0 Å². The van der Waals surface area contributed by atoms with E-state index >= 15 is 0 Å². The molecule has 4 nitrogen and oxygen atoms in total. The van der Waals surface area contributed by atoms with Crippen LogP contribution in [0.1, 0.15) is 21.5 Å². The van der Waals surface area contributed by atoms with Crippen molar-refractivity contribution >= 4 is 22.7 Å². The summed E-state index contributed by atoms with van der Waals surface area (Å²) in [6.45, 7) is 3.96. The Bertz CT molecular complexity index is 1090. The molecule has 0 saturated heterocycles. The van der Waals surface area contributed by atoms with E-state index < -0.39 is 0 Å². The molecule has 0 atom stereocenters. The number of hydrogen-bond acceptors (Lipinski definition) is 3. The van der Waals surface area contributed by atoms with E-state index in [-0.39, 0.29) is 5.91 Å². The predicted molar refractivity (Wildman–Crippen MR) is 103 cm³/mol. The third kappa shape index (κ3) is 3.09. The standard InChI is InChI=1S/C22H18N2O2/c1-14-7-9-16(10-8-14)22-24-19-12-11-17(13-20(19)26-22)23-21(25)18-6-4-3-5-15(18)2/h3-13H,1-2H3,(H,23,25). The molecule has 0 radical (unpaired) electrons. The first-order valence-corrected chi connectivity index (χ1v) is 8.45. The first-order valence-electron chi connectivity index (χ1n) is 8.45. The van der Waals surface area contributed by atoms with E-state index in [0.717, 1.165) is 16.6 Å². The number of carbonyl (C=O) groups is 1. The van der Waals surface area contributed by atoms with Gasteiger partial charge in [-0.3, -0.25) is 4.79 Å². The molecule has 4 rings (SSSR count). The number of hydrogen-bond donors (Lipinski definition) is 1. The van der Waals surface area contributed by atoms with Crippen LogP contribution in [0.15, 0.2) is 71.1 Å². The molecule has 1 N–H and O–H groups in total. The maximum atomic E-state index is 12.5. The lowest BCUT2D eigenvalue weighted by atomic mass is 10.1. The lowest BCUT2D eigenvalue weighted by Crippen LogP contribution is -2.13. The molecule has 0 aliphatic heterocycles. The van der Waals surface area contributed by atoms with E-state index in [1.165, 1.54) is 5.56 Å². The Morgan fingerprint density at radius 1 is 0.962 bits per heavy atom. The Hall–Kier alpha value is -3.40. The maximum Gasteiger partial charge on any atom is 0.255 e. The van der Waals surface area contributed by atoms with Gasteiger partial charge in [0.2, 0.25) is 5.89 Å². The van der Waals surface area contributed by atoms with Gasteiger partial charge < -0.3 is 9.73 Å². The molecule has 0 aliphatic rings. The van der Waals surface area contributed by atoms with Gasteiger partial charge in [0.25, 0.3) is 5.91 Å². The van der Waals surface area contributed by atoms with Crippen molar-refractivity contribution < 1.29 is 9.21 Å². The van der Waals surface area contributed by atoms with Crippen molar-refractivity contribution in [1.29, 1.82) is 0 Å². The predicted octanol–water partition coefficient (Wildman–Crippen LogP) is 5.36. The molecule has 128 valence electrons. The quantitative estimate of drug-likeness (QED) is 0.545. The Kier molecular flexibility index (Phi) is 4.01. The second kappa shape index (κ2) is 6.48. The molecular weight excluding hydrogens is 324 g/mol. The Balaban J connectivity index is 1.62. The van der Waals surface area contributed by atoms with E-state index in [0.29, 0.717) is 22.7 Å². The van der Waals surface area contributed by atoms with Gasteiger partial charge >= 0.3 is 0 Å². The summed E-state index contributed by atoms with van der Waals surface area (Å²) in [5, 5.41) is 2.92. The number of anilines is 1. The number of aromatic nitrogens is 1. The van der Waals surface area contributed by atoms with E-state index in [4.69, 9.17) is 4.42 Å². The summed E-state index contributed by atoms with van der Waals surface area (Å²) in [4.78, 5) is 17.0. The minimum atomic E-state index is -0.138. The van der Waals surface area contributed by atoms with E-state index in [9.17, 15) is 4.79 Å². The fourth-order valence-electron chi connectivity index (χ4n) is 2.85. The molecule has 0 unspecified atom stereocenters. The monoisotopic (exact) mass is 342 g/mol. The van der Waals surface area contributed by atoms with Crippen LogP contribution in [0.5, 0.6) is 0 Å². The second-order valence-corrected chi connectivity index (χ2v) is 6.34. The summed E-state index contributed by atoms with van der Waals surface area (Å²) in [5.74, 6) is 0.433. The zero-order chi connectivity index (χ0) is 18.1. The van der Waals surface area contributed by atoms with Crippen molar-refractivity contribution in [1.82, 2.24) is 4.98 Å². The van der Waals surface area contributed by atoms with Gasteiger partial charge in [0.15, 0.2) is 5.58 Å². The lowest BCUT2D eigenvalue weighted by molar-refractivity contribution is 0.102. The summed E-state index contributed by atoms with van der Waals surface area (Å²) in [5.41, 5.74) is 5.79. The number of nitrogens with one attached hydrogen (secondary N) is 1. The van der Waals surface area contributed by atoms with Crippen molar-refractivity contribution in [3.05, 3.63) is 83.4 Å². The fraction of sp³-hybridized carbons (Fsp3) is 0.0909. The van der Waals surface area contributed by atoms with Crippen LogP contribution < -0.4 is 5.32 Å². The zero-order valence-corrected chi connectivity index (χ0v) is 14.6. The van der Waals surface area contributed by atoms with Gasteiger partial charge in [0, 0.05) is 22.9 Å². The molecule has 0 aliphatic carbocycles. The highest BCUT2D eigenvalue weighted by molar-refractivity contribution is 6.05. The van der Waals surface area contributed by atoms with Gasteiger partial charge in [0.1, 0.15) is 5.52 Å². The number of benzene rings is 3. The van der Waals surface area contributed by atoms with Crippen LogP contribution in [0.25, 0.3) is 22.6 Å². The molecular formula is C22H18N2O2. The van der Waals surface area contributed by atoms with Crippen LogP contribution in [0.2, 0.25) is 0 Å². The van der Waals surface area contributed by atoms with Gasteiger partial charge in [-0.2, -0.15) is 0 Å². The molecule has 0 spiro atoms. The van der Waals surface area contributed by atoms with Crippen LogP contribution in [-0.2, 0) is 0 Å². The van der Waals surface area contributed by atoms with Crippen molar-refractivity contribution in [3.63, 3.8) is 0 Å². The third-order valence-corrected chi connectivity index (χ3v) is 4.33. The van der Waals surface area contributed by atoms with Gasteiger partial charge in [-0.15, -0.1) is 0 Å². The summed E-state index contributed by atoms with van der Waals surface area (Å²) < 4.78 is 5.88. The first kappa shape index (κ1) is 16.1. The number of oxazole rings is 1. The van der Waals surface area contributed by atoms with E-state index in [1.807, 2.05) is 74.5 Å². The van der Waals surface area contributed by atoms with E-state index in [2.05, 4.69) is 10.3 Å². The van der Waals surface area contributed by atoms with Crippen molar-refractivity contribution in [2.75, 3.05) is 5.32 Å². The van der Waals surface area contributed by atoms with Gasteiger partial charge in [-0.05, 0) is 49.7 Å². The minimum Gasteiger partial charge on any atom is -0.436 e. The highest BCUT2D eigenvalue weighted by Crippen LogP contribution is 2.26. The smallest absolute Gasteiger partial charge is 0.255 e. The molecule has 3 aromatic carbocycles. The minimum absolute atomic E-state index is 0.138. The van der Waals surface area contributed by atoms with Gasteiger partial charge in [-0.1, -0.05) is 35.9 Å². The summed E-state index contributed by atoms with van der Waals surface area (Å²) >= 11 is 0. The van der Waals surface area contributed by atoms with Crippen molar-refractivity contribution in [2.45, 2.75) is 13.8 Å². The Labute approximate surface area is 151 Å². The fourth-order valence-corrected chi connectivity index (χ4v) is 2.85. The van der Waals surface area contributed by atoms with Crippen molar-refractivity contribution in [2.24, 2.45) is 0 Å². The molecule has 0 bridgehead atoms. The highest BCUT2D eigenvalue weighted by atomic mass is 16.3. The topological polar surface area (TPSA) is 55.1 Å². The molecule has 0 fully saturated rings. The molecule has 4 heteroatoms. The number of nitrogens with zero attached hydrogens (tertiary/aromatic N) is 1. The van der Waals surface area contributed by atoms with E-state index in [1.54, 1.807) is 6.07 Å². The molecule has 1 aromatic heterocycles. The molecule has 26 heavy (non-hydrogen) atoms. The van der Waals surface area contributed by atoms with Crippen LogP contribution in [-0.4, -0.2) is 10.9 Å². The first-order chi connectivity index (χ1) is 12.6. The summed E-state index contributed by atoms with van der Waals surface area (Å²) in [6.07, 6.45) is 0. The van der Waals surface area contributed by atoms with Gasteiger partial charge in [-0.25, -0.2) is 4.98 Å². The van der Waals surface area contributed by atoms with Crippen molar-refractivity contribution in [3.8, 4) is 11.5 Å². The van der Waals surface area contributed by atoms with Gasteiger partial charge in [0.05, 0.1) is 0 Å². The number of fused-ring (bicyclic) bond motifs is 1. The maximum absolute atomic E-state index is 12.5. The zero-order valence-electron chi connectivity index (χ0n) is 14.6. The molecule has 0 saturated carbocycles. The molecule has 1 heterocycles. The number of aryl methyl sites for hydroxylation is 2. The van der Waals surface area contributed by atoms with Crippen LogP contribution in [0, 0.1) is 13.8 Å². The number of amides is 1. The average Bonchev–Trinajstić information content (AvgIpc) is 3.06. The molecule has 4 aromatic rings. The Morgan fingerprint density at radius 2 is 1.73 bits per heavy atom. The van der Waals surface area contributed by atoms with Crippen LogP contribution >= 0.6 is 0 Å². The average molecular weight is 342 g/mol. The number of rotatable bonds is 3. The largest absolute Gasteiger partial charge is 0.436 e. The SMILES string of the molecule is Cc1ccc(-c2nc3ccc(NC(=O)c4ccccc4C)cc3o2)cc1. The molecule has 1 amide bonds. The second-order valence-electron chi connectivity index (χ2n) is 6.34. The lowest BCUT2D eigenvalue weighted by Gasteiger charge is -2.07. The summed E-state index contributed by atoms with van der Waals surface area (Å²) in [7, 11) is 0. The normalized spacial score (nSPS) is 10.8. The summed E-state index contributed by atoms with van der Waals surface area (Å²) in [6, 6.07) is 21.0. The third-order valence-electron chi connectivity index (χ3n) is 4.33. The number of carbonyl (C=O) groups excluding carboxylic acids is 1. The Morgan fingerprint density at radius 3 is 2.50 bits per heavy atom.